The van der Waals surface area contributed by atoms with Crippen molar-refractivity contribution >= 4 is 30.5 Å². The number of aryl methyl sites for hydroxylation is 1. The van der Waals surface area contributed by atoms with E-state index in [1.165, 1.54) is 5.01 Å². The molecule has 0 amide bonds. The third kappa shape index (κ3) is 6.29. The van der Waals surface area contributed by atoms with Crippen LogP contribution in [-0.2, 0) is 18.0 Å². The molecule has 2 aromatic rings. The van der Waals surface area contributed by atoms with Crippen LogP contribution in [0.3, 0.4) is 0 Å². The number of hydrogen-bond donors (Lipinski definition) is 2. The number of thiol groups is 1. The van der Waals surface area contributed by atoms with E-state index >= 15 is 4.48 Å². The predicted octanol–water partition coefficient (Wildman–Crippen LogP) is 4.97. The molecule has 1 N–H and O–H groups in total. The Bertz CT molecular complexity index is 1060. The highest BCUT2D eigenvalue weighted by Gasteiger charge is 2.23. The zero-order chi connectivity index (χ0) is 24.8. The van der Waals surface area contributed by atoms with Crippen molar-refractivity contribution in [2.24, 2.45) is 0 Å². The highest BCUT2D eigenvalue weighted by molar-refractivity contribution is 7.84. The van der Waals surface area contributed by atoms with E-state index in [-0.39, 0.29) is 6.61 Å². The van der Waals surface area contributed by atoms with Gasteiger partial charge in [0.05, 0.1) is 35.6 Å². The zero-order valence-electron chi connectivity index (χ0n) is 20.7. The zero-order valence-corrected chi connectivity index (χ0v) is 21.6. The van der Waals surface area contributed by atoms with Crippen LogP contribution in [0.1, 0.15) is 41.6 Å². The molecule has 3 heterocycles. The van der Waals surface area contributed by atoms with Crippen LogP contribution in [0.5, 0.6) is 0 Å². The summed E-state index contributed by atoms with van der Waals surface area (Å²) in [5, 5.41) is 1.78. The van der Waals surface area contributed by atoms with Crippen molar-refractivity contribution in [2.45, 2.75) is 33.4 Å². The van der Waals surface area contributed by atoms with Crippen molar-refractivity contribution in [2.75, 3.05) is 39.2 Å². The second kappa shape index (κ2) is 11.7. The fourth-order valence-electron chi connectivity index (χ4n) is 3.82. The molecule has 3 rings (SSSR count). The van der Waals surface area contributed by atoms with Crippen molar-refractivity contribution in [3.8, 4) is 0 Å². The van der Waals surface area contributed by atoms with Crippen molar-refractivity contribution in [3.05, 3.63) is 69.8 Å². The molecule has 34 heavy (non-hydrogen) atoms. The number of aromatic nitrogens is 2. The summed E-state index contributed by atoms with van der Waals surface area (Å²) in [5.41, 5.74) is 6.31. The van der Waals surface area contributed by atoms with Crippen LogP contribution in [0, 0.1) is 6.92 Å². The van der Waals surface area contributed by atoms with Gasteiger partial charge >= 0.3 is 0 Å². The number of fused-ring (bicyclic) bond motifs is 1. The SMILES string of the molecule is C=C(S)/C(=C\c1c(CON(F)N(CCN(C)C)c2cccnc2C)[nH]c2c1C=CN(C)C2)CC. The molecular weight excluding hydrogens is 451 g/mol. The topological polar surface area (TPSA) is 50.9 Å². The number of pyridine rings is 1. The molecule has 0 aromatic carbocycles. The molecule has 0 bridgehead atoms. The summed E-state index contributed by atoms with van der Waals surface area (Å²) in [7, 11) is 5.91. The molecule has 184 valence electrons. The number of anilines is 1. The highest BCUT2D eigenvalue weighted by Crippen LogP contribution is 2.31. The fraction of sp³-hybridized carbons (Fsp3) is 0.400. The minimum atomic E-state index is 0.0285. The Morgan fingerprint density at radius 1 is 1.38 bits per heavy atom. The van der Waals surface area contributed by atoms with Gasteiger partial charge in [0, 0.05) is 41.5 Å². The van der Waals surface area contributed by atoms with E-state index in [1.807, 2.05) is 45.2 Å². The summed E-state index contributed by atoms with van der Waals surface area (Å²) in [4.78, 5) is 18.2. The number of halogens is 1. The van der Waals surface area contributed by atoms with Gasteiger partial charge in [0.25, 0.3) is 0 Å². The number of allylic oxidation sites excluding steroid dienone is 1. The standard InChI is InChI=1S/C25H35FN6OS/c1-7-20(19(3)34)15-22-21-10-12-30(6)16-23(21)28-24(22)17-33-32(26)31(14-13-29(4)5)25-9-8-11-27-18(25)2/h8-12,15,28,34H,3,7,13-14,16-17H2,1-2,4-6H3/b20-15-. The maximum absolute atomic E-state index is 15.4. The van der Waals surface area contributed by atoms with Crippen LogP contribution < -0.4 is 5.01 Å². The fourth-order valence-corrected chi connectivity index (χ4v) is 4.04. The minimum Gasteiger partial charge on any atom is -0.375 e. The Hall–Kier alpha value is -2.59. The Labute approximate surface area is 207 Å². The lowest BCUT2D eigenvalue weighted by atomic mass is 10.0. The van der Waals surface area contributed by atoms with Crippen LogP contribution in [0.15, 0.2) is 41.6 Å². The third-order valence-corrected chi connectivity index (χ3v) is 6.02. The van der Waals surface area contributed by atoms with Gasteiger partial charge in [-0.1, -0.05) is 18.0 Å². The molecule has 7 nitrogen and oxygen atoms in total. The van der Waals surface area contributed by atoms with Gasteiger partial charge in [-0.15, -0.1) is 12.6 Å². The largest absolute Gasteiger partial charge is 0.375 e. The first-order valence-electron chi connectivity index (χ1n) is 11.3. The van der Waals surface area contributed by atoms with Gasteiger partial charge < -0.3 is 14.8 Å². The molecule has 0 radical (unpaired) electrons. The lowest BCUT2D eigenvalue weighted by molar-refractivity contribution is -0.296. The summed E-state index contributed by atoms with van der Waals surface area (Å²) in [5.74, 6) is 0. The van der Waals surface area contributed by atoms with Crippen LogP contribution in [0.25, 0.3) is 12.2 Å². The molecule has 0 aliphatic carbocycles. The maximum Gasteiger partial charge on any atom is 0.114 e. The molecule has 0 spiro atoms. The Balaban J connectivity index is 1.88. The normalized spacial score (nSPS) is 13.7. The molecule has 9 heteroatoms. The number of nitrogens with one attached hydrogen (secondary N) is 1. The molecule has 1 aliphatic rings. The first-order chi connectivity index (χ1) is 16.2. The molecule has 0 atom stereocenters. The monoisotopic (exact) mass is 486 g/mol. The third-order valence-electron chi connectivity index (χ3n) is 5.74. The van der Waals surface area contributed by atoms with Gasteiger partial charge in [-0.25, -0.2) is 4.84 Å². The smallest absolute Gasteiger partial charge is 0.114 e. The molecule has 0 saturated heterocycles. The van der Waals surface area contributed by atoms with Crippen molar-refractivity contribution in [3.63, 3.8) is 0 Å². The number of H-pyrrole nitrogens is 1. The first kappa shape index (κ1) is 26.0. The number of hydrazine groups is 1. The average Bonchev–Trinajstić information content (AvgIpc) is 3.12. The van der Waals surface area contributed by atoms with Crippen molar-refractivity contribution < 1.29 is 9.32 Å². The van der Waals surface area contributed by atoms with Gasteiger partial charge in [0.1, 0.15) is 6.61 Å². The lowest BCUT2D eigenvalue weighted by Crippen LogP contribution is -2.41. The Kier molecular flexibility index (Phi) is 8.96. The molecule has 0 fully saturated rings. The van der Waals surface area contributed by atoms with Gasteiger partial charge in [-0.3, -0.25) is 9.99 Å². The molecular formula is C25H35FN6OS. The van der Waals surface area contributed by atoms with Crippen LogP contribution in [-0.4, -0.2) is 59.4 Å². The summed E-state index contributed by atoms with van der Waals surface area (Å²) in [6, 6.07) is 3.63. The van der Waals surface area contributed by atoms with E-state index in [1.54, 1.807) is 12.3 Å². The van der Waals surface area contributed by atoms with E-state index in [0.29, 0.717) is 24.2 Å². The second-order valence-corrected chi connectivity index (χ2v) is 9.18. The molecule has 1 aliphatic heterocycles. The highest BCUT2D eigenvalue weighted by atomic mass is 32.1. The minimum absolute atomic E-state index is 0.0285. The van der Waals surface area contributed by atoms with E-state index in [9.17, 15) is 0 Å². The molecule has 0 unspecified atom stereocenters. The second-order valence-electron chi connectivity index (χ2n) is 8.64. The average molecular weight is 487 g/mol. The van der Waals surface area contributed by atoms with Crippen LogP contribution in [0.2, 0.25) is 0 Å². The number of likely N-dealkylation sites (N-methyl/N-ethyl adjacent to an activating group) is 1. The van der Waals surface area contributed by atoms with Crippen molar-refractivity contribution in [1.82, 2.24) is 25.2 Å². The van der Waals surface area contributed by atoms with Gasteiger partial charge in [0.2, 0.25) is 0 Å². The summed E-state index contributed by atoms with van der Waals surface area (Å²) >= 11 is 4.45. The molecule has 2 aromatic heterocycles. The number of aromatic amines is 1. The van der Waals surface area contributed by atoms with Crippen LogP contribution in [0.4, 0.5) is 10.2 Å². The quantitative estimate of drug-likeness (QED) is 0.202. The van der Waals surface area contributed by atoms with E-state index in [4.69, 9.17) is 4.84 Å². The molecule has 0 saturated carbocycles. The van der Waals surface area contributed by atoms with Gasteiger partial charge in [-0.2, -0.15) is 0 Å². The maximum atomic E-state index is 15.4. The van der Waals surface area contributed by atoms with Crippen molar-refractivity contribution in [1.29, 1.82) is 0 Å². The summed E-state index contributed by atoms with van der Waals surface area (Å²) in [6.07, 6.45) is 8.65. The van der Waals surface area contributed by atoms with E-state index in [2.05, 4.69) is 53.2 Å². The Morgan fingerprint density at radius 2 is 2.15 bits per heavy atom. The summed E-state index contributed by atoms with van der Waals surface area (Å²) < 4.78 is 15.4. The Morgan fingerprint density at radius 3 is 2.79 bits per heavy atom. The van der Waals surface area contributed by atoms with Gasteiger partial charge in [-0.05, 0) is 63.5 Å². The van der Waals surface area contributed by atoms with Crippen LogP contribution >= 0.6 is 12.6 Å². The van der Waals surface area contributed by atoms with Gasteiger partial charge in [0.15, 0.2) is 0 Å². The number of nitrogens with zero attached hydrogens (tertiary/aromatic N) is 5. The van der Waals surface area contributed by atoms with E-state index < -0.39 is 0 Å². The first-order valence-corrected chi connectivity index (χ1v) is 11.8. The summed E-state index contributed by atoms with van der Waals surface area (Å²) in [6.45, 7) is 9.70. The van der Waals surface area contributed by atoms with E-state index in [0.717, 1.165) is 51.7 Å². The number of rotatable bonds is 11. The predicted molar refractivity (Wildman–Crippen MR) is 140 cm³/mol. The number of hydrogen-bond acceptors (Lipinski definition) is 7. The lowest BCUT2D eigenvalue weighted by Gasteiger charge is -2.30.